The van der Waals surface area contributed by atoms with Crippen molar-refractivity contribution in [2.45, 2.75) is 18.6 Å². The number of aromatic nitrogens is 4. The molecule has 33 heavy (non-hydrogen) atoms. The van der Waals surface area contributed by atoms with Gasteiger partial charge in [0.15, 0.2) is 16.3 Å². The van der Waals surface area contributed by atoms with E-state index < -0.39 is 11.2 Å². The lowest BCUT2D eigenvalue weighted by molar-refractivity contribution is -0.113. The minimum absolute atomic E-state index is 0.0509. The molecule has 170 valence electrons. The number of para-hydroxylation sites is 1. The lowest BCUT2D eigenvalue weighted by atomic mass is 10.2. The molecule has 0 aliphatic carbocycles. The van der Waals surface area contributed by atoms with Crippen molar-refractivity contribution in [1.29, 1.82) is 0 Å². The van der Waals surface area contributed by atoms with Gasteiger partial charge in [0, 0.05) is 19.8 Å². The predicted molar refractivity (Wildman–Crippen MR) is 126 cm³/mol. The van der Waals surface area contributed by atoms with Crippen LogP contribution < -0.4 is 16.6 Å². The number of carbonyl (C=O) groups is 1. The molecule has 2 aromatic heterocycles. The summed E-state index contributed by atoms with van der Waals surface area (Å²) in [6, 6.07) is 13.4. The fraction of sp³-hybridized carbons (Fsp3) is 0.217. The Hall–Kier alpha value is -3.66. The third kappa shape index (κ3) is 4.47. The van der Waals surface area contributed by atoms with Crippen molar-refractivity contribution in [2.75, 3.05) is 11.1 Å². The fourth-order valence-corrected chi connectivity index (χ4v) is 4.28. The number of anilines is 1. The van der Waals surface area contributed by atoms with E-state index in [1.807, 2.05) is 31.2 Å². The highest BCUT2D eigenvalue weighted by Crippen LogP contribution is 2.24. The number of aryl methyl sites for hydroxylation is 2. The van der Waals surface area contributed by atoms with Gasteiger partial charge in [-0.15, -0.1) is 0 Å². The third-order valence-electron chi connectivity index (χ3n) is 5.32. The van der Waals surface area contributed by atoms with Crippen LogP contribution in [0.2, 0.25) is 0 Å². The number of hydrogen-bond donors (Lipinski definition) is 1. The van der Waals surface area contributed by atoms with E-state index in [2.05, 4.69) is 10.3 Å². The molecule has 0 radical (unpaired) electrons. The van der Waals surface area contributed by atoms with Crippen molar-refractivity contribution in [1.82, 2.24) is 18.7 Å². The Morgan fingerprint density at radius 3 is 2.45 bits per heavy atom. The summed E-state index contributed by atoms with van der Waals surface area (Å²) in [5.74, 6) is -0.540. The Bertz CT molecular complexity index is 1470. The van der Waals surface area contributed by atoms with Gasteiger partial charge in [-0.25, -0.2) is 14.2 Å². The van der Waals surface area contributed by atoms with Crippen LogP contribution in [-0.4, -0.2) is 30.3 Å². The van der Waals surface area contributed by atoms with E-state index in [4.69, 9.17) is 0 Å². The van der Waals surface area contributed by atoms with Crippen LogP contribution in [0.3, 0.4) is 0 Å². The molecule has 2 aromatic carbocycles. The molecule has 0 aliphatic rings. The molecule has 1 amide bonds. The van der Waals surface area contributed by atoms with Crippen LogP contribution >= 0.6 is 11.8 Å². The van der Waals surface area contributed by atoms with Crippen LogP contribution in [0.15, 0.2) is 63.3 Å². The number of benzene rings is 2. The Morgan fingerprint density at radius 1 is 1.06 bits per heavy atom. The minimum Gasteiger partial charge on any atom is -0.325 e. The Labute approximate surface area is 192 Å². The van der Waals surface area contributed by atoms with E-state index in [9.17, 15) is 18.8 Å². The highest BCUT2D eigenvalue weighted by molar-refractivity contribution is 7.99. The highest BCUT2D eigenvalue weighted by atomic mass is 32.2. The average Bonchev–Trinajstić information content (AvgIpc) is 3.16. The SMILES string of the molecule is Cc1ccccc1NC(=O)CSc1nc2c(c(=O)n(C)c(=O)n2C)n1Cc1ccc(F)cc1. The third-order valence-corrected chi connectivity index (χ3v) is 6.29. The van der Waals surface area contributed by atoms with Crippen LogP contribution in [0.5, 0.6) is 0 Å². The first kappa shape index (κ1) is 22.5. The number of halogens is 1. The maximum Gasteiger partial charge on any atom is 0.332 e. The number of imidazole rings is 1. The molecule has 0 aliphatic heterocycles. The summed E-state index contributed by atoms with van der Waals surface area (Å²) in [5.41, 5.74) is 1.90. The van der Waals surface area contributed by atoms with Crippen molar-refractivity contribution in [3.05, 3.63) is 86.3 Å². The zero-order valence-corrected chi connectivity index (χ0v) is 19.1. The number of rotatable bonds is 6. The van der Waals surface area contributed by atoms with Gasteiger partial charge in [-0.1, -0.05) is 42.1 Å². The fourth-order valence-electron chi connectivity index (χ4n) is 3.49. The lowest BCUT2D eigenvalue weighted by Crippen LogP contribution is -2.37. The lowest BCUT2D eigenvalue weighted by Gasteiger charge is -2.10. The molecular formula is C23H22FN5O3S. The summed E-state index contributed by atoms with van der Waals surface area (Å²) in [5, 5.41) is 3.28. The summed E-state index contributed by atoms with van der Waals surface area (Å²) in [7, 11) is 2.94. The van der Waals surface area contributed by atoms with Crippen LogP contribution in [0.1, 0.15) is 11.1 Å². The van der Waals surface area contributed by atoms with Crippen molar-refractivity contribution in [3.8, 4) is 0 Å². The Balaban J connectivity index is 1.71. The van der Waals surface area contributed by atoms with Crippen LogP contribution in [0.25, 0.3) is 11.2 Å². The molecule has 0 spiro atoms. The second-order valence-corrected chi connectivity index (χ2v) is 8.58. The van der Waals surface area contributed by atoms with E-state index in [0.717, 1.165) is 33.1 Å². The standard InChI is InChI=1S/C23H22FN5O3S/c1-14-6-4-5-7-17(14)25-18(30)13-33-22-26-20-19(21(31)28(3)23(32)27(20)2)29(22)12-15-8-10-16(24)11-9-15/h4-11H,12-13H2,1-3H3,(H,25,30). The maximum absolute atomic E-state index is 13.4. The van der Waals surface area contributed by atoms with Crippen molar-refractivity contribution in [3.63, 3.8) is 0 Å². The summed E-state index contributed by atoms with van der Waals surface area (Å²) in [6.45, 7) is 2.13. The van der Waals surface area contributed by atoms with Gasteiger partial charge in [-0.3, -0.25) is 18.7 Å². The summed E-state index contributed by atoms with van der Waals surface area (Å²) in [4.78, 5) is 42.4. The first-order valence-corrected chi connectivity index (χ1v) is 11.1. The van der Waals surface area contributed by atoms with E-state index >= 15 is 0 Å². The Kier molecular flexibility index (Phi) is 6.19. The van der Waals surface area contributed by atoms with Gasteiger partial charge >= 0.3 is 5.69 Å². The summed E-state index contributed by atoms with van der Waals surface area (Å²) >= 11 is 1.16. The normalized spacial score (nSPS) is 11.2. The number of hydrogen-bond acceptors (Lipinski definition) is 5. The number of nitrogens with one attached hydrogen (secondary N) is 1. The Morgan fingerprint density at radius 2 is 1.76 bits per heavy atom. The van der Waals surface area contributed by atoms with Crippen molar-refractivity contribution in [2.24, 2.45) is 14.1 Å². The van der Waals surface area contributed by atoms with Gasteiger partial charge in [0.25, 0.3) is 5.56 Å². The monoisotopic (exact) mass is 467 g/mol. The number of nitrogens with zero attached hydrogens (tertiary/aromatic N) is 4. The van der Waals surface area contributed by atoms with E-state index in [-0.39, 0.29) is 35.2 Å². The minimum atomic E-state index is -0.493. The van der Waals surface area contributed by atoms with Crippen molar-refractivity contribution < 1.29 is 9.18 Å². The second kappa shape index (κ2) is 9.07. The molecule has 4 rings (SSSR count). The first-order valence-electron chi connectivity index (χ1n) is 10.1. The van der Waals surface area contributed by atoms with Crippen LogP contribution in [-0.2, 0) is 25.4 Å². The van der Waals surface area contributed by atoms with E-state index in [0.29, 0.717) is 5.16 Å². The zero-order chi connectivity index (χ0) is 23.7. The molecule has 1 N–H and O–H groups in total. The van der Waals surface area contributed by atoms with Gasteiger partial charge in [-0.05, 0) is 36.2 Å². The number of thioether (sulfide) groups is 1. The smallest absolute Gasteiger partial charge is 0.325 e. The predicted octanol–water partition coefficient (Wildman–Crippen LogP) is 2.66. The van der Waals surface area contributed by atoms with Crippen LogP contribution in [0.4, 0.5) is 10.1 Å². The molecule has 0 unspecified atom stereocenters. The summed E-state index contributed by atoms with van der Waals surface area (Å²) in [6.07, 6.45) is 0. The molecule has 4 aromatic rings. The number of carbonyl (C=O) groups excluding carboxylic acids is 1. The molecule has 0 atom stereocenters. The molecule has 0 saturated carbocycles. The first-order chi connectivity index (χ1) is 15.8. The second-order valence-electron chi connectivity index (χ2n) is 7.64. The highest BCUT2D eigenvalue weighted by Gasteiger charge is 2.20. The average molecular weight is 468 g/mol. The van der Waals surface area contributed by atoms with Gasteiger partial charge in [0.1, 0.15) is 5.82 Å². The van der Waals surface area contributed by atoms with Crippen LogP contribution in [0, 0.1) is 12.7 Å². The molecular weight excluding hydrogens is 445 g/mol. The van der Waals surface area contributed by atoms with E-state index in [1.165, 1.54) is 23.7 Å². The quantitative estimate of drug-likeness (QED) is 0.441. The molecule has 0 fully saturated rings. The van der Waals surface area contributed by atoms with Crippen molar-refractivity contribution >= 4 is 34.5 Å². The summed E-state index contributed by atoms with van der Waals surface area (Å²) < 4.78 is 17.4. The largest absolute Gasteiger partial charge is 0.332 e. The molecule has 0 saturated heterocycles. The molecule has 8 nitrogen and oxygen atoms in total. The van der Waals surface area contributed by atoms with Gasteiger partial charge in [0.05, 0.1) is 12.3 Å². The number of amides is 1. The van der Waals surface area contributed by atoms with Gasteiger partial charge in [-0.2, -0.15) is 0 Å². The molecule has 2 heterocycles. The van der Waals surface area contributed by atoms with Gasteiger partial charge < -0.3 is 9.88 Å². The number of fused-ring (bicyclic) bond motifs is 1. The molecule has 0 bridgehead atoms. The maximum atomic E-state index is 13.4. The van der Waals surface area contributed by atoms with Gasteiger partial charge in [0.2, 0.25) is 5.91 Å². The zero-order valence-electron chi connectivity index (χ0n) is 18.3. The topological polar surface area (TPSA) is 90.9 Å². The molecule has 10 heteroatoms. The van der Waals surface area contributed by atoms with E-state index in [1.54, 1.807) is 23.7 Å².